The molecule has 3 aromatic rings. The number of amides is 1. The molecule has 0 spiro atoms. The summed E-state index contributed by atoms with van der Waals surface area (Å²) in [6.45, 7) is 0. The Morgan fingerprint density at radius 3 is 2.83 bits per heavy atom. The van der Waals surface area contributed by atoms with Crippen molar-refractivity contribution in [2.24, 2.45) is 7.05 Å². The topological polar surface area (TPSA) is 92.9 Å². The standard InChI is InChI=1S/C16H15N5O2S/c1-21-15(11-5-4-8-17-9-11)19-20-16(21)24-10-14(23)18-12-6-2-3-7-13(12)22/h2-9,22H,10H2,1H3,(H,18,23). The van der Waals surface area contributed by atoms with E-state index in [-0.39, 0.29) is 17.4 Å². The second-order valence-electron chi connectivity index (χ2n) is 4.96. The first-order chi connectivity index (χ1) is 11.6. The van der Waals surface area contributed by atoms with E-state index in [1.165, 1.54) is 17.8 Å². The minimum Gasteiger partial charge on any atom is -0.506 e. The number of para-hydroxylation sites is 2. The molecule has 0 atom stereocenters. The number of thioether (sulfide) groups is 1. The predicted molar refractivity (Wildman–Crippen MR) is 91.7 cm³/mol. The third-order valence-electron chi connectivity index (χ3n) is 3.27. The van der Waals surface area contributed by atoms with Crippen LogP contribution in [0, 0.1) is 0 Å². The largest absolute Gasteiger partial charge is 0.506 e. The lowest BCUT2D eigenvalue weighted by Crippen LogP contribution is -2.14. The molecule has 8 heteroatoms. The summed E-state index contributed by atoms with van der Waals surface area (Å²) in [4.78, 5) is 16.1. The number of aromatic nitrogens is 4. The molecule has 0 radical (unpaired) electrons. The fraction of sp³-hybridized carbons (Fsp3) is 0.125. The highest BCUT2D eigenvalue weighted by Gasteiger charge is 2.13. The highest BCUT2D eigenvalue weighted by atomic mass is 32.2. The normalized spacial score (nSPS) is 10.5. The third kappa shape index (κ3) is 3.54. The summed E-state index contributed by atoms with van der Waals surface area (Å²) in [5, 5.41) is 21.2. The Balaban J connectivity index is 1.64. The van der Waals surface area contributed by atoms with Gasteiger partial charge in [0, 0.05) is 25.0 Å². The van der Waals surface area contributed by atoms with Gasteiger partial charge in [0.2, 0.25) is 5.91 Å². The lowest BCUT2D eigenvalue weighted by atomic mass is 10.3. The van der Waals surface area contributed by atoms with E-state index in [4.69, 9.17) is 0 Å². The van der Waals surface area contributed by atoms with Crippen molar-refractivity contribution < 1.29 is 9.90 Å². The van der Waals surface area contributed by atoms with Crippen LogP contribution in [0.1, 0.15) is 0 Å². The van der Waals surface area contributed by atoms with Gasteiger partial charge in [0.05, 0.1) is 11.4 Å². The number of hydrogen-bond donors (Lipinski definition) is 2. The zero-order chi connectivity index (χ0) is 16.9. The number of rotatable bonds is 5. The fourth-order valence-electron chi connectivity index (χ4n) is 2.08. The van der Waals surface area contributed by atoms with Crippen LogP contribution in [0.25, 0.3) is 11.4 Å². The highest BCUT2D eigenvalue weighted by molar-refractivity contribution is 7.99. The molecule has 0 saturated carbocycles. The van der Waals surface area contributed by atoms with E-state index in [2.05, 4.69) is 20.5 Å². The SMILES string of the molecule is Cn1c(SCC(=O)Nc2ccccc2O)nnc1-c1cccnc1. The number of carbonyl (C=O) groups is 1. The van der Waals surface area contributed by atoms with Gasteiger partial charge in [-0.3, -0.25) is 9.78 Å². The molecule has 3 rings (SSSR count). The van der Waals surface area contributed by atoms with E-state index in [9.17, 15) is 9.90 Å². The predicted octanol–water partition coefficient (Wildman–Crippen LogP) is 2.31. The molecule has 0 saturated heterocycles. The summed E-state index contributed by atoms with van der Waals surface area (Å²) in [6.07, 6.45) is 3.40. The van der Waals surface area contributed by atoms with Crippen molar-refractivity contribution in [3.05, 3.63) is 48.8 Å². The quantitative estimate of drug-likeness (QED) is 0.546. The second kappa shape index (κ2) is 7.14. The first-order valence-electron chi connectivity index (χ1n) is 7.15. The molecule has 1 aromatic carbocycles. The van der Waals surface area contributed by atoms with Crippen molar-refractivity contribution in [1.82, 2.24) is 19.7 Å². The van der Waals surface area contributed by atoms with E-state index in [0.29, 0.717) is 16.7 Å². The van der Waals surface area contributed by atoms with Crippen LogP contribution in [0.5, 0.6) is 5.75 Å². The number of aromatic hydroxyl groups is 1. The van der Waals surface area contributed by atoms with Gasteiger partial charge in [-0.15, -0.1) is 10.2 Å². The van der Waals surface area contributed by atoms with Gasteiger partial charge in [0.25, 0.3) is 0 Å². The van der Waals surface area contributed by atoms with Gasteiger partial charge in [-0.25, -0.2) is 0 Å². The molecule has 2 heterocycles. The zero-order valence-electron chi connectivity index (χ0n) is 12.9. The van der Waals surface area contributed by atoms with E-state index in [1.54, 1.807) is 30.6 Å². The van der Waals surface area contributed by atoms with Gasteiger partial charge < -0.3 is 15.0 Å². The van der Waals surface area contributed by atoms with Crippen molar-refractivity contribution in [2.75, 3.05) is 11.1 Å². The molecule has 2 aromatic heterocycles. The molecule has 24 heavy (non-hydrogen) atoms. The molecule has 0 aliphatic heterocycles. The van der Waals surface area contributed by atoms with Gasteiger partial charge in [-0.2, -0.15) is 0 Å². The number of benzene rings is 1. The summed E-state index contributed by atoms with van der Waals surface area (Å²) in [5.41, 5.74) is 1.25. The van der Waals surface area contributed by atoms with Crippen LogP contribution in [-0.2, 0) is 11.8 Å². The zero-order valence-corrected chi connectivity index (χ0v) is 13.7. The van der Waals surface area contributed by atoms with E-state index in [1.807, 2.05) is 23.7 Å². The van der Waals surface area contributed by atoms with Gasteiger partial charge in [-0.1, -0.05) is 23.9 Å². The maximum absolute atomic E-state index is 12.0. The Kier molecular flexibility index (Phi) is 4.76. The lowest BCUT2D eigenvalue weighted by Gasteiger charge is -2.07. The van der Waals surface area contributed by atoms with Gasteiger partial charge in [-0.05, 0) is 24.3 Å². The van der Waals surface area contributed by atoms with Crippen LogP contribution < -0.4 is 5.32 Å². The van der Waals surface area contributed by atoms with Crippen LogP contribution >= 0.6 is 11.8 Å². The minimum atomic E-state index is -0.229. The average molecular weight is 341 g/mol. The Morgan fingerprint density at radius 1 is 1.25 bits per heavy atom. The summed E-state index contributed by atoms with van der Waals surface area (Å²) in [7, 11) is 1.84. The van der Waals surface area contributed by atoms with Crippen LogP contribution in [0.15, 0.2) is 53.9 Å². The fourth-order valence-corrected chi connectivity index (χ4v) is 2.79. The Labute approximate surface area is 142 Å². The maximum atomic E-state index is 12.0. The number of phenolic OH excluding ortho intramolecular Hbond substituents is 1. The number of pyridine rings is 1. The molecule has 0 unspecified atom stereocenters. The molecule has 7 nitrogen and oxygen atoms in total. The molecule has 0 aliphatic rings. The van der Waals surface area contributed by atoms with Crippen LogP contribution in [-0.4, -0.2) is 36.5 Å². The van der Waals surface area contributed by atoms with Gasteiger partial charge >= 0.3 is 0 Å². The van der Waals surface area contributed by atoms with Crippen molar-refractivity contribution in [3.8, 4) is 17.1 Å². The minimum absolute atomic E-state index is 0.0355. The smallest absolute Gasteiger partial charge is 0.234 e. The summed E-state index contributed by atoms with van der Waals surface area (Å²) >= 11 is 1.27. The summed E-state index contributed by atoms with van der Waals surface area (Å²) in [5.74, 6) is 0.653. The first kappa shape index (κ1) is 16.0. The number of anilines is 1. The van der Waals surface area contributed by atoms with E-state index in [0.717, 1.165) is 5.56 Å². The number of nitrogens with one attached hydrogen (secondary N) is 1. The molecule has 122 valence electrons. The number of carbonyl (C=O) groups excluding carboxylic acids is 1. The highest BCUT2D eigenvalue weighted by Crippen LogP contribution is 2.24. The third-order valence-corrected chi connectivity index (χ3v) is 4.29. The molecule has 0 aliphatic carbocycles. The van der Waals surface area contributed by atoms with Crippen molar-refractivity contribution >= 4 is 23.4 Å². The number of phenols is 1. The van der Waals surface area contributed by atoms with Crippen molar-refractivity contribution in [3.63, 3.8) is 0 Å². The Hall–Kier alpha value is -2.87. The number of nitrogens with zero attached hydrogens (tertiary/aromatic N) is 4. The Morgan fingerprint density at radius 2 is 2.08 bits per heavy atom. The molecular formula is C16H15N5O2S. The molecule has 0 fully saturated rings. The van der Waals surface area contributed by atoms with E-state index >= 15 is 0 Å². The van der Waals surface area contributed by atoms with Crippen molar-refractivity contribution in [1.29, 1.82) is 0 Å². The molecule has 1 amide bonds. The molecular weight excluding hydrogens is 326 g/mol. The summed E-state index contributed by atoms with van der Waals surface area (Å²) < 4.78 is 1.81. The lowest BCUT2D eigenvalue weighted by molar-refractivity contribution is -0.113. The Bertz CT molecular complexity index is 851. The van der Waals surface area contributed by atoms with Crippen LogP contribution in [0.3, 0.4) is 0 Å². The van der Waals surface area contributed by atoms with Gasteiger partial charge in [0.1, 0.15) is 5.75 Å². The van der Waals surface area contributed by atoms with Gasteiger partial charge in [0.15, 0.2) is 11.0 Å². The van der Waals surface area contributed by atoms with E-state index < -0.39 is 0 Å². The summed E-state index contributed by atoms with van der Waals surface area (Å²) in [6, 6.07) is 10.3. The maximum Gasteiger partial charge on any atom is 0.234 e. The second-order valence-corrected chi connectivity index (χ2v) is 5.90. The van der Waals surface area contributed by atoms with Crippen LogP contribution in [0.2, 0.25) is 0 Å². The first-order valence-corrected chi connectivity index (χ1v) is 8.14. The molecule has 0 bridgehead atoms. The monoisotopic (exact) mass is 341 g/mol. The molecule has 2 N–H and O–H groups in total. The number of hydrogen-bond acceptors (Lipinski definition) is 6. The van der Waals surface area contributed by atoms with Crippen molar-refractivity contribution in [2.45, 2.75) is 5.16 Å². The average Bonchev–Trinajstić information content (AvgIpc) is 2.97. The van der Waals surface area contributed by atoms with Crippen LogP contribution in [0.4, 0.5) is 5.69 Å².